The number of benzene rings is 1. The Morgan fingerprint density at radius 2 is 2.00 bits per heavy atom. The SMILES string of the molecule is COc1cc(Oc2ccc(CN)c(Cl)c2)ccn1. The van der Waals surface area contributed by atoms with Crippen molar-refractivity contribution in [3.05, 3.63) is 47.1 Å². The maximum absolute atomic E-state index is 6.06. The van der Waals surface area contributed by atoms with Crippen molar-refractivity contribution in [2.75, 3.05) is 7.11 Å². The van der Waals surface area contributed by atoms with Gasteiger partial charge in [-0.3, -0.25) is 0 Å². The number of halogens is 1. The van der Waals surface area contributed by atoms with Crippen LogP contribution in [0.15, 0.2) is 36.5 Å². The molecule has 5 heteroatoms. The predicted octanol–water partition coefficient (Wildman–Crippen LogP) is 2.99. The first-order chi connectivity index (χ1) is 8.72. The molecule has 0 aliphatic carbocycles. The molecular formula is C13H13ClN2O2. The third-order valence-electron chi connectivity index (χ3n) is 2.40. The molecule has 0 fully saturated rings. The molecule has 0 radical (unpaired) electrons. The minimum atomic E-state index is 0.405. The van der Waals surface area contributed by atoms with Gasteiger partial charge in [-0.05, 0) is 23.8 Å². The molecule has 0 amide bonds. The van der Waals surface area contributed by atoms with Gasteiger partial charge in [0.1, 0.15) is 11.5 Å². The first-order valence-corrected chi connectivity index (χ1v) is 5.77. The van der Waals surface area contributed by atoms with Gasteiger partial charge in [0.15, 0.2) is 0 Å². The van der Waals surface area contributed by atoms with Crippen LogP contribution < -0.4 is 15.2 Å². The zero-order chi connectivity index (χ0) is 13.0. The van der Waals surface area contributed by atoms with Crippen LogP contribution in [0.25, 0.3) is 0 Å². The summed E-state index contributed by atoms with van der Waals surface area (Å²) in [4.78, 5) is 4.00. The zero-order valence-electron chi connectivity index (χ0n) is 9.89. The summed E-state index contributed by atoms with van der Waals surface area (Å²) in [6.45, 7) is 0.405. The first kappa shape index (κ1) is 12.7. The average molecular weight is 265 g/mol. The van der Waals surface area contributed by atoms with Crippen molar-refractivity contribution in [1.82, 2.24) is 4.98 Å². The predicted molar refractivity (Wildman–Crippen MR) is 70.2 cm³/mol. The molecule has 1 aromatic carbocycles. The molecule has 2 rings (SSSR count). The molecule has 0 unspecified atom stereocenters. The van der Waals surface area contributed by atoms with Crippen LogP contribution in [0.4, 0.5) is 0 Å². The summed E-state index contributed by atoms with van der Waals surface area (Å²) in [5, 5.41) is 0.594. The van der Waals surface area contributed by atoms with E-state index in [1.807, 2.05) is 12.1 Å². The standard InChI is InChI=1S/C13H13ClN2O2/c1-17-13-7-11(4-5-16-13)18-10-3-2-9(8-15)12(14)6-10/h2-7H,8,15H2,1H3. The van der Waals surface area contributed by atoms with Gasteiger partial charge < -0.3 is 15.2 Å². The lowest BCUT2D eigenvalue weighted by Crippen LogP contribution is -1.97. The monoisotopic (exact) mass is 264 g/mol. The van der Waals surface area contributed by atoms with Crippen LogP contribution in [-0.4, -0.2) is 12.1 Å². The van der Waals surface area contributed by atoms with Gasteiger partial charge in [-0.1, -0.05) is 17.7 Å². The molecule has 1 aromatic heterocycles. The van der Waals surface area contributed by atoms with Gasteiger partial charge in [0, 0.05) is 23.8 Å². The fourth-order valence-corrected chi connectivity index (χ4v) is 1.71. The van der Waals surface area contributed by atoms with Crippen LogP contribution in [0.5, 0.6) is 17.4 Å². The molecule has 0 atom stereocenters. The van der Waals surface area contributed by atoms with E-state index in [1.165, 1.54) is 0 Å². The topological polar surface area (TPSA) is 57.4 Å². The second kappa shape index (κ2) is 5.71. The maximum atomic E-state index is 6.06. The summed E-state index contributed by atoms with van der Waals surface area (Å²) in [5.74, 6) is 1.78. The van der Waals surface area contributed by atoms with Gasteiger partial charge in [-0.25, -0.2) is 4.98 Å². The summed E-state index contributed by atoms with van der Waals surface area (Å²) in [5.41, 5.74) is 6.43. The molecule has 0 spiro atoms. The molecule has 0 aliphatic rings. The van der Waals surface area contributed by atoms with E-state index in [0.29, 0.717) is 28.9 Å². The number of hydrogen-bond donors (Lipinski definition) is 1. The van der Waals surface area contributed by atoms with Crippen molar-refractivity contribution < 1.29 is 9.47 Å². The second-order valence-electron chi connectivity index (χ2n) is 3.59. The van der Waals surface area contributed by atoms with Crippen LogP contribution in [0.3, 0.4) is 0 Å². The van der Waals surface area contributed by atoms with Crippen LogP contribution in [0.1, 0.15) is 5.56 Å². The molecule has 0 saturated carbocycles. The molecular weight excluding hydrogens is 252 g/mol. The smallest absolute Gasteiger partial charge is 0.216 e. The Balaban J connectivity index is 2.20. The third kappa shape index (κ3) is 2.91. The highest BCUT2D eigenvalue weighted by Crippen LogP contribution is 2.27. The van der Waals surface area contributed by atoms with Crippen molar-refractivity contribution in [2.45, 2.75) is 6.54 Å². The van der Waals surface area contributed by atoms with Gasteiger partial charge in [0.05, 0.1) is 7.11 Å². The Bertz CT molecular complexity index is 546. The number of rotatable bonds is 4. The lowest BCUT2D eigenvalue weighted by Gasteiger charge is -2.08. The van der Waals surface area contributed by atoms with E-state index >= 15 is 0 Å². The Morgan fingerprint density at radius 3 is 2.67 bits per heavy atom. The van der Waals surface area contributed by atoms with Gasteiger partial charge in [0.2, 0.25) is 5.88 Å². The molecule has 94 valence electrons. The van der Waals surface area contributed by atoms with Crippen molar-refractivity contribution in [3.63, 3.8) is 0 Å². The lowest BCUT2D eigenvalue weighted by atomic mass is 10.2. The highest BCUT2D eigenvalue weighted by Gasteiger charge is 2.03. The molecule has 0 aliphatic heterocycles. The summed E-state index contributed by atoms with van der Waals surface area (Å²) < 4.78 is 10.7. The van der Waals surface area contributed by atoms with Crippen molar-refractivity contribution in [2.24, 2.45) is 5.73 Å². The third-order valence-corrected chi connectivity index (χ3v) is 2.75. The molecule has 18 heavy (non-hydrogen) atoms. The maximum Gasteiger partial charge on any atom is 0.216 e. The molecule has 2 N–H and O–H groups in total. The number of pyridine rings is 1. The van der Waals surface area contributed by atoms with E-state index in [2.05, 4.69) is 4.98 Å². The van der Waals surface area contributed by atoms with Crippen LogP contribution in [0, 0.1) is 0 Å². The number of nitrogens with zero attached hydrogens (tertiary/aromatic N) is 1. The minimum Gasteiger partial charge on any atom is -0.481 e. The number of nitrogens with two attached hydrogens (primary N) is 1. The normalized spacial score (nSPS) is 10.2. The van der Waals surface area contributed by atoms with E-state index in [1.54, 1.807) is 31.5 Å². The van der Waals surface area contributed by atoms with E-state index in [0.717, 1.165) is 5.56 Å². The Labute approximate surface area is 110 Å². The number of methoxy groups -OCH3 is 1. The van der Waals surface area contributed by atoms with Gasteiger partial charge in [-0.2, -0.15) is 0 Å². The minimum absolute atomic E-state index is 0.405. The summed E-state index contributed by atoms with van der Waals surface area (Å²) in [7, 11) is 1.55. The first-order valence-electron chi connectivity index (χ1n) is 5.39. The molecule has 0 bridgehead atoms. The van der Waals surface area contributed by atoms with Crippen molar-refractivity contribution in [3.8, 4) is 17.4 Å². The van der Waals surface area contributed by atoms with Crippen LogP contribution in [0.2, 0.25) is 5.02 Å². The molecule has 1 heterocycles. The van der Waals surface area contributed by atoms with Crippen molar-refractivity contribution >= 4 is 11.6 Å². The Kier molecular flexibility index (Phi) is 4.02. The molecule has 0 saturated heterocycles. The van der Waals surface area contributed by atoms with Gasteiger partial charge in [-0.15, -0.1) is 0 Å². The van der Waals surface area contributed by atoms with E-state index in [9.17, 15) is 0 Å². The second-order valence-corrected chi connectivity index (χ2v) is 4.00. The largest absolute Gasteiger partial charge is 0.481 e. The van der Waals surface area contributed by atoms with Crippen LogP contribution in [-0.2, 0) is 6.54 Å². The summed E-state index contributed by atoms with van der Waals surface area (Å²) in [6.07, 6.45) is 1.62. The number of aromatic nitrogens is 1. The van der Waals surface area contributed by atoms with Crippen molar-refractivity contribution in [1.29, 1.82) is 0 Å². The highest BCUT2D eigenvalue weighted by atomic mass is 35.5. The van der Waals surface area contributed by atoms with E-state index in [4.69, 9.17) is 26.8 Å². The average Bonchev–Trinajstić information content (AvgIpc) is 2.39. The van der Waals surface area contributed by atoms with Gasteiger partial charge in [0.25, 0.3) is 0 Å². The Hall–Kier alpha value is -1.78. The fourth-order valence-electron chi connectivity index (χ4n) is 1.46. The summed E-state index contributed by atoms with van der Waals surface area (Å²) in [6, 6.07) is 8.84. The van der Waals surface area contributed by atoms with Gasteiger partial charge >= 0.3 is 0 Å². The molecule has 4 nitrogen and oxygen atoms in total. The lowest BCUT2D eigenvalue weighted by molar-refractivity contribution is 0.392. The number of hydrogen-bond acceptors (Lipinski definition) is 4. The zero-order valence-corrected chi connectivity index (χ0v) is 10.6. The fraction of sp³-hybridized carbons (Fsp3) is 0.154. The molecule has 2 aromatic rings. The van der Waals surface area contributed by atoms with E-state index < -0.39 is 0 Å². The van der Waals surface area contributed by atoms with E-state index in [-0.39, 0.29) is 0 Å². The summed E-state index contributed by atoms with van der Waals surface area (Å²) >= 11 is 6.06. The quantitative estimate of drug-likeness (QED) is 0.922. The highest BCUT2D eigenvalue weighted by molar-refractivity contribution is 6.31. The number of ether oxygens (including phenoxy) is 2. The Morgan fingerprint density at radius 1 is 1.22 bits per heavy atom. The van der Waals surface area contributed by atoms with Crippen LogP contribution >= 0.6 is 11.6 Å².